The van der Waals surface area contributed by atoms with E-state index in [9.17, 15) is 0 Å². The van der Waals surface area contributed by atoms with E-state index in [-0.39, 0.29) is 0 Å². The number of aryl methyl sites for hydroxylation is 2. The van der Waals surface area contributed by atoms with Crippen LogP contribution in [0.3, 0.4) is 0 Å². The van der Waals surface area contributed by atoms with Gasteiger partial charge in [0.25, 0.3) is 0 Å². The fourth-order valence-electron chi connectivity index (χ4n) is 2.86. The minimum Gasteiger partial charge on any atom is -0.284 e. The molecule has 0 bridgehead atoms. The van der Waals surface area contributed by atoms with Crippen LogP contribution in [-0.4, -0.2) is 23.2 Å². The molecule has 27 heavy (non-hydrogen) atoms. The van der Waals surface area contributed by atoms with Crippen molar-refractivity contribution < 1.29 is 0 Å². The van der Waals surface area contributed by atoms with Gasteiger partial charge in [-0.15, -0.1) is 23.5 Å². The molecule has 3 aromatic rings. The maximum absolute atomic E-state index is 2.56. The Balaban J connectivity index is 1.62. The lowest BCUT2D eigenvalue weighted by atomic mass is 10.1. The van der Waals surface area contributed by atoms with Crippen molar-refractivity contribution in [1.82, 2.24) is 4.90 Å². The molecule has 1 nitrogen and oxygen atoms in total. The summed E-state index contributed by atoms with van der Waals surface area (Å²) >= 11 is 3.88. The van der Waals surface area contributed by atoms with Crippen LogP contribution < -0.4 is 0 Å². The zero-order valence-corrected chi connectivity index (χ0v) is 17.7. The summed E-state index contributed by atoms with van der Waals surface area (Å²) in [6.45, 7) is 5.46. The lowest BCUT2D eigenvalue weighted by molar-refractivity contribution is 0.382. The first-order valence-electron chi connectivity index (χ1n) is 9.35. The van der Waals surface area contributed by atoms with Crippen molar-refractivity contribution in [3.05, 3.63) is 95.6 Å². The number of nitrogens with zero attached hydrogens (tertiary/aromatic N) is 1. The van der Waals surface area contributed by atoms with Crippen LogP contribution in [0.15, 0.2) is 88.7 Å². The second-order valence-corrected chi connectivity index (χ2v) is 8.68. The van der Waals surface area contributed by atoms with Gasteiger partial charge in [-0.1, -0.05) is 66.7 Å². The van der Waals surface area contributed by atoms with E-state index in [1.807, 2.05) is 23.5 Å². The molecular formula is C24H27NS2. The summed E-state index contributed by atoms with van der Waals surface area (Å²) < 4.78 is 0. The Morgan fingerprint density at radius 2 is 1.11 bits per heavy atom. The van der Waals surface area contributed by atoms with Crippen molar-refractivity contribution in [2.24, 2.45) is 0 Å². The van der Waals surface area contributed by atoms with Crippen molar-refractivity contribution in [3.63, 3.8) is 0 Å². The lowest BCUT2D eigenvalue weighted by Crippen LogP contribution is -2.25. The first-order chi connectivity index (χ1) is 13.2. The predicted octanol–water partition coefficient (Wildman–Crippen LogP) is 6.65. The molecule has 0 aliphatic carbocycles. The van der Waals surface area contributed by atoms with E-state index >= 15 is 0 Å². The molecular weight excluding hydrogens is 366 g/mol. The average Bonchev–Trinajstić information content (AvgIpc) is 2.70. The van der Waals surface area contributed by atoms with Gasteiger partial charge >= 0.3 is 0 Å². The summed E-state index contributed by atoms with van der Waals surface area (Å²) in [5.41, 5.74) is 4.12. The van der Waals surface area contributed by atoms with Gasteiger partial charge in [0.15, 0.2) is 0 Å². The second-order valence-electron chi connectivity index (χ2n) is 6.71. The Kier molecular flexibility index (Phi) is 7.88. The minimum atomic E-state index is 1.01. The fourth-order valence-corrected chi connectivity index (χ4v) is 5.00. The number of rotatable bonds is 9. The highest BCUT2D eigenvalue weighted by molar-refractivity contribution is 8.00. The van der Waals surface area contributed by atoms with Crippen molar-refractivity contribution in [2.45, 2.75) is 30.1 Å². The molecule has 0 heterocycles. The van der Waals surface area contributed by atoms with Crippen molar-refractivity contribution in [2.75, 3.05) is 18.3 Å². The lowest BCUT2D eigenvalue weighted by Gasteiger charge is -2.22. The second kappa shape index (κ2) is 10.6. The molecule has 3 aromatic carbocycles. The number of benzene rings is 3. The third kappa shape index (κ3) is 6.46. The molecule has 0 spiro atoms. The molecule has 0 aliphatic heterocycles. The molecule has 0 saturated heterocycles. The normalized spacial score (nSPS) is 11.1. The molecule has 3 heteroatoms. The smallest absolute Gasteiger partial charge is 0.0500 e. The molecule has 0 unspecified atom stereocenters. The SMILES string of the molecule is Cc1ccccc1SCN(CCc1ccccc1)CSc1ccccc1C. The summed E-state index contributed by atoms with van der Waals surface area (Å²) in [4.78, 5) is 5.31. The van der Waals surface area contributed by atoms with Crippen LogP contribution in [0.5, 0.6) is 0 Å². The summed E-state index contributed by atoms with van der Waals surface area (Å²) in [5, 5.41) is 0. The van der Waals surface area contributed by atoms with Crippen molar-refractivity contribution in [1.29, 1.82) is 0 Å². The van der Waals surface area contributed by atoms with E-state index < -0.39 is 0 Å². The molecule has 0 N–H and O–H groups in total. The molecule has 0 fully saturated rings. The van der Waals surface area contributed by atoms with Gasteiger partial charge in [0.05, 0.1) is 0 Å². The molecule has 0 amide bonds. The number of hydrogen-bond donors (Lipinski definition) is 0. The Morgan fingerprint density at radius 1 is 0.630 bits per heavy atom. The largest absolute Gasteiger partial charge is 0.284 e. The molecule has 3 rings (SSSR count). The highest BCUT2D eigenvalue weighted by Crippen LogP contribution is 2.26. The van der Waals surface area contributed by atoms with Gasteiger partial charge in [-0.25, -0.2) is 0 Å². The summed E-state index contributed by atoms with van der Waals surface area (Å²) in [6.07, 6.45) is 1.09. The molecule has 0 saturated carbocycles. The summed E-state index contributed by atoms with van der Waals surface area (Å²) in [6, 6.07) is 28.1. The number of hydrogen-bond acceptors (Lipinski definition) is 3. The third-order valence-electron chi connectivity index (χ3n) is 4.55. The highest BCUT2D eigenvalue weighted by Gasteiger charge is 2.09. The van der Waals surface area contributed by atoms with E-state index in [0.717, 1.165) is 24.7 Å². The molecule has 0 aromatic heterocycles. The van der Waals surface area contributed by atoms with Gasteiger partial charge in [0.2, 0.25) is 0 Å². The predicted molar refractivity (Wildman–Crippen MR) is 121 cm³/mol. The average molecular weight is 394 g/mol. The summed E-state index contributed by atoms with van der Waals surface area (Å²) in [7, 11) is 0. The Labute approximate surface area is 172 Å². The Morgan fingerprint density at radius 3 is 1.63 bits per heavy atom. The Bertz CT molecular complexity index is 783. The fraction of sp³-hybridized carbons (Fsp3) is 0.250. The molecule has 140 valence electrons. The van der Waals surface area contributed by atoms with Crippen molar-refractivity contribution in [3.8, 4) is 0 Å². The van der Waals surface area contributed by atoms with Gasteiger partial charge in [-0.3, -0.25) is 4.90 Å². The van der Waals surface area contributed by atoms with Crippen LogP contribution in [0.2, 0.25) is 0 Å². The van der Waals surface area contributed by atoms with Gasteiger partial charge in [-0.2, -0.15) is 0 Å². The minimum absolute atomic E-state index is 1.01. The van der Waals surface area contributed by atoms with Gasteiger partial charge in [-0.05, 0) is 49.1 Å². The maximum atomic E-state index is 2.56. The van der Waals surface area contributed by atoms with E-state index in [1.54, 1.807) is 0 Å². The van der Waals surface area contributed by atoms with E-state index in [0.29, 0.717) is 0 Å². The topological polar surface area (TPSA) is 3.24 Å². The molecule has 0 atom stereocenters. The summed E-state index contributed by atoms with van der Waals surface area (Å²) in [5.74, 6) is 2.02. The van der Waals surface area contributed by atoms with Crippen LogP contribution in [0.25, 0.3) is 0 Å². The van der Waals surface area contributed by atoms with Crippen LogP contribution in [0.4, 0.5) is 0 Å². The Hall–Kier alpha value is -1.68. The monoisotopic (exact) mass is 393 g/mol. The van der Waals surface area contributed by atoms with Crippen LogP contribution in [0.1, 0.15) is 16.7 Å². The zero-order valence-electron chi connectivity index (χ0n) is 16.1. The van der Waals surface area contributed by atoms with Gasteiger partial charge in [0.1, 0.15) is 0 Å². The van der Waals surface area contributed by atoms with E-state index in [4.69, 9.17) is 0 Å². The van der Waals surface area contributed by atoms with Gasteiger partial charge < -0.3 is 0 Å². The first kappa shape index (κ1) is 20.1. The van der Waals surface area contributed by atoms with Gasteiger partial charge in [0, 0.05) is 28.1 Å². The first-order valence-corrected chi connectivity index (χ1v) is 11.3. The number of thioether (sulfide) groups is 2. The van der Waals surface area contributed by atoms with Crippen LogP contribution >= 0.6 is 23.5 Å². The standard InChI is InChI=1S/C24H27NS2/c1-20-10-6-8-14-23(20)26-18-25(17-16-22-12-4-3-5-13-22)19-27-24-15-9-7-11-21(24)2/h3-15H,16-19H2,1-2H3. The van der Waals surface area contributed by atoms with Crippen LogP contribution in [0, 0.1) is 13.8 Å². The maximum Gasteiger partial charge on any atom is 0.0500 e. The third-order valence-corrected chi connectivity index (χ3v) is 7.08. The van der Waals surface area contributed by atoms with Crippen LogP contribution in [-0.2, 0) is 6.42 Å². The van der Waals surface area contributed by atoms with Crippen molar-refractivity contribution >= 4 is 23.5 Å². The molecule has 0 aliphatic rings. The van der Waals surface area contributed by atoms with E-state index in [1.165, 1.54) is 26.5 Å². The zero-order chi connectivity index (χ0) is 18.9. The molecule has 0 radical (unpaired) electrons. The van der Waals surface area contributed by atoms with E-state index in [2.05, 4.69) is 97.6 Å². The highest BCUT2D eigenvalue weighted by atomic mass is 32.2. The quantitative estimate of drug-likeness (QED) is 0.296.